The van der Waals surface area contributed by atoms with Crippen LogP contribution in [0.3, 0.4) is 0 Å². The van der Waals surface area contributed by atoms with Gasteiger partial charge >= 0.3 is 5.97 Å². The predicted octanol–water partition coefficient (Wildman–Crippen LogP) is 2.81. The van der Waals surface area contributed by atoms with Gasteiger partial charge < -0.3 is 34.6 Å². The summed E-state index contributed by atoms with van der Waals surface area (Å²) in [6, 6.07) is 6.29. The Bertz CT molecular complexity index is 1330. The molecule has 1 heterocycles. The fourth-order valence-electron chi connectivity index (χ4n) is 7.62. The van der Waals surface area contributed by atoms with E-state index in [1.54, 1.807) is 23.8 Å². The van der Waals surface area contributed by atoms with E-state index in [-0.39, 0.29) is 54.1 Å². The zero-order valence-corrected chi connectivity index (χ0v) is 34.6. The van der Waals surface area contributed by atoms with E-state index in [0.717, 1.165) is 12.0 Å². The van der Waals surface area contributed by atoms with Crippen LogP contribution < -0.4 is 10.6 Å². The minimum Gasteiger partial charge on any atom is -0.467 e. The summed E-state index contributed by atoms with van der Waals surface area (Å²) in [6.07, 6.45) is 1.02. The first-order chi connectivity index (χ1) is 25.1. The molecule has 0 radical (unpaired) electrons. The second kappa shape index (κ2) is 22.2. The van der Waals surface area contributed by atoms with Crippen LogP contribution in [0.1, 0.15) is 65.9 Å². The Morgan fingerprint density at radius 3 is 2.06 bits per heavy atom. The number of nitrogens with zero attached hydrogens (tertiary/aromatic N) is 3. The van der Waals surface area contributed by atoms with Gasteiger partial charge in [0, 0.05) is 40.0 Å². The van der Waals surface area contributed by atoms with E-state index in [9.17, 15) is 24.0 Å². The summed E-state index contributed by atoms with van der Waals surface area (Å²) in [7, 11) is 9.68. The minimum absolute atomic E-state index is 0.00785. The first-order valence-corrected chi connectivity index (χ1v) is 19.3. The molecule has 0 spiro atoms. The minimum atomic E-state index is -0.893. The molecular weight excluding hydrogens is 699 g/mol. The van der Waals surface area contributed by atoms with E-state index in [1.807, 2.05) is 77.0 Å². The van der Waals surface area contributed by atoms with Crippen LogP contribution in [0, 0.1) is 17.8 Å². The number of esters is 1. The highest BCUT2D eigenvalue weighted by Crippen LogP contribution is 2.29. The summed E-state index contributed by atoms with van der Waals surface area (Å²) >= 11 is 4.42. The van der Waals surface area contributed by atoms with Crippen molar-refractivity contribution in [3.05, 3.63) is 35.9 Å². The zero-order valence-electron chi connectivity index (χ0n) is 33.7. The molecule has 0 aromatic heterocycles. The molecule has 13 nitrogen and oxygen atoms in total. The topological polar surface area (TPSA) is 147 Å². The lowest BCUT2D eigenvalue weighted by Crippen LogP contribution is -2.59. The van der Waals surface area contributed by atoms with Gasteiger partial charge in [-0.1, -0.05) is 71.4 Å². The van der Waals surface area contributed by atoms with Crippen LogP contribution >= 0.6 is 12.6 Å². The lowest BCUT2D eigenvalue weighted by Gasteiger charge is -2.40. The van der Waals surface area contributed by atoms with Gasteiger partial charge in [-0.05, 0) is 44.3 Å². The van der Waals surface area contributed by atoms with Gasteiger partial charge in [0.05, 0.1) is 49.8 Å². The van der Waals surface area contributed by atoms with Crippen molar-refractivity contribution in [2.24, 2.45) is 17.8 Å². The number of carbonyl (C=O) groups is 5. The van der Waals surface area contributed by atoms with E-state index in [0.29, 0.717) is 19.4 Å². The number of carbonyl (C=O) groups excluding carboxylic acids is 5. The molecule has 0 bridgehead atoms. The molecule has 4 amide bonds. The molecule has 1 aromatic rings. The number of benzene rings is 1. The molecule has 53 heavy (non-hydrogen) atoms. The van der Waals surface area contributed by atoms with E-state index in [4.69, 9.17) is 14.2 Å². The highest BCUT2D eigenvalue weighted by Gasteiger charge is 2.43. The average molecular weight is 764 g/mol. The molecule has 2 N–H and O–H groups in total. The molecule has 300 valence electrons. The maximum Gasteiger partial charge on any atom is 0.328 e. The standard InChI is InChI=1S/C39H65N5O8S/c1-12-25(4)34(43(8)38(48)29(23-53)41-37(47)33(24(2)3)42(6)7)31(50-9)22-32(45)44-20-16-19-30(44)35(51-10)26(5)36(46)40-28(39(49)52-11)21-27-17-14-13-15-18-27/h13-15,17-18,24-26,28-31,33-35,53H,12,16,19-23H2,1-11H3,(H,40,46)(H,41,47)/t25-,26+,28-,29-,30-,31+,33-,34-,35+/m0/s1. The number of thiol groups is 1. The fourth-order valence-corrected chi connectivity index (χ4v) is 7.86. The predicted molar refractivity (Wildman–Crippen MR) is 208 cm³/mol. The van der Waals surface area contributed by atoms with Gasteiger partial charge in [-0.25, -0.2) is 4.79 Å². The molecule has 0 unspecified atom stereocenters. The van der Waals surface area contributed by atoms with Gasteiger partial charge in [-0.2, -0.15) is 12.6 Å². The number of ether oxygens (including phenoxy) is 3. The summed E-state index contributed by atoms with van der Waals surface area (Å²) in [5, 5.41) is 5.76. The summed E-state index contributed by atoms with van der Waals surface area (Å²) < 4.78 is 16.9. The van der Waals surface area contributed by atoms with Gasteiger partial charge in [0.2, 0.25) is 23.6 Å². The third-order valence-corrected chi connectivity index (χ3v) is 11.0. The third-order valence-electron chi connectivity index (χ3n) is 10.6. The molecule has 9 atom stereocenters. The molecule has 1 aliphatic rings. The van der Waals surface area contributed by atoms with Gasteiger partial charge in [0.25, 0.3) is 0 Å². The van der Waals surface area contributed by atoms with Crippen molar-refractivity contribution in [2.45, 2.75) is 109 Å². The van der Waals surface area contributed by atoms with E-state index >= 15 is 0 Å². The third kappa shape index (κ3) is 12.4. The van der Waals surface area contributed by atoms with Gasteiger partial charge in [-0.3, -0.25) is 24.1 Å². The summed E-state index contributed by atoms with van der Waals surface area (Å²) in [6.45, 7) is 10.2. The molecule has 1 aliphatic heterocycles. The first-order valence-electron chi connectivity index (χ1n) is 18.7. The highest BCUT2D eigenvalue weighted by molar-refractivity contribution is 7.80. The van der Waals surface area contributed by atoms with Crippen molar-refractivity contribution >= 4 is 42.2 Å². The quantitative estimate of drug-likeness (QED) is 0.127. The molecule has 0 saturated carbocycles. The van der Waals surface area contributed by atoms with E-state index in [2.05, 4.69) is 23.3 Å². The monoisotopic (exact) mass is 763 g/mol. The Morgan fingerprint density at radius 1 is 0.925 bits per heavy atom. The van der Waals surface area contributed by atoms with Crippen molar-refractivity contribution in [1.82, 2.24) is 25.3 Å². The summed E-state index contributed by atoms with van der Waals surface area (Å²) in [5.41, 5.74) is 0.873. The summed E-state index contributed by atoms with van der Waals surface area (Å²) in [5.74, 6) is -2.31. The van der Waals surface area contributed by atoms with Crippen LogP contribution in [-0.4, -0.2) is 141 Å². The normalized spacial score (nSPS) is 19.1. The van der Waals surface area contributed by atoms with Crippen molar-refractivity contribution in [3.8, 4) is 0 Å². The molecular formula is C39H65N5O8S. The van der Waals surface area contributed by atoms with Crippen LogP contribution in [0.25, 0.3) is 0 Å². The van der Waals surface area contributed by atoms with Crippen LogP contribution in [0.15, 0.2) is 30.3 Å². The average Bonchev–Trinajstić information content (AvgIpc) is 3.62. The maximum absolute atomic E-state index is 14.1. The van der Waals surface area contributed by atoms with Crippen molar-refractivity contribution in [3.63, 3.8) is 0 Å². The van der Waals surface area contributed by atoms with Gasteiger partial charge in [0.1, 0.15) is 12.1 Å². The van der Waals surface area contributed by atoms with Crippen LogP contribution in [0.4, 0.5) is 0 Å². The van der Waals surface area contributed by atoms with Gasteiger partial charge in [-0.15, -0.1) is 0 Å². The maximum atomic E-state index is 14.1. The Kier molecular flexibility index (Phi) is 19.3. The van der Waals surface area contributed by atoms with Crippen LogP contribution in [-0.2, 0) is 44.6 Å². The van der Waals surface area contributed by atoms with Crippen LogP contribution in [0.5, 0.6) is 0 Å². The Morgan fingerprint density at radius 2 is 1.55 bits per heavy atom. The van der Waals surface area contributed by atoms with Crippen molar-refractivity contribution in [1.29, 1.82) is 0 Å². The molecule has 14 heteroatoms. The Balaban J connectivity index is 2.25. The lowest BCUT2D eigenvalue weighted by molar-refractivity contribution is -0.148. The largest absolute Gasteiger partial charge is 0.467 e. The van der Waals surface area contributed by atoms with Crippen molar-refractivity contribution in [2.75, 3.05) is 54.8 Å². The number of methoxy groups -OCH3 is 3. The number of likely N-dealkylation sites (N-methyl/N-ethyl adjacent to an activating group) is 2. The molecule has 1 aromatic carbocycles. The Labute approximate surface area is 322 Å². The number of likely N-dealkylation sites (tertiary alicyclic amines) is 1. The number of amides is 4. The molecule has 2 rings (SSSR count). The second-order valence-electron chi connectivity index (χ2n) is 14.8. The second-order valence-corrected chi connectivity index (χ2v) is 15.1. The smallest absolute Gasteiger partial charge is 0.328 e. The van der Waals surface area contributed by atoms with E-state index in [1.165, 1.54) is 21.3 Å². The SMILES string of the molecule is CC[C@H](C)[C@@H]([C@@H](CC(=O)N1CCC[C@H]1[C@H](OC)[C@@H](C)C(=O)N[C@@H](Cc1ccccc1)C(=O)OC)OC)N(C)C(=O)[C@H](CS)NC(=O)[C@H](C(C)C)N(C)C. The number of hydrogen-bond donors (Lipinski definition) is 3. The Hall–Kier alpha value is -3.20. The zero-order chi connectivity index (χ0) is 40.0. The summed E-state index contributed by atoms with van der Waals surface area (Å²) in [4.78, 5) is 72.8. The van der Waals surface area contributed by atoms with E-state index < -0.39 is 54.3 Å². The van der Waals surface area contributed by atoms with Crippen molar-refractivity contribution < 1.29 is 38.2 Å². The van der Waals surface area contributed by atoms with Gasteiger partial charge in [0.15, 0.2) is 0 Å². The molecule has 1 saturated heterocycles. The molecule has 1 fully saturated rings. The van der Waals surface area contributed by atoms with Crippen LogP contribution in [0.2, 0.25) is 0 Å². The first kappa shape index (κ1) is 46.0. The highest BCUT2D eigenvalue weighted by atomic mass is 32.1. The number of rotatable bonds is 21. The fraction of sp³-hybridized carbons (Fsp3) is 0.718. The lowest BCUT2D eigenvalue weighted by atomic mass is 9.90. The number of nitrogens with one attached hydrogen (secondary N) is 2. The number of hydrogen-bond acceptors (Lipinski definition) is 10. The molecule has 0 aliphatic carbocycles.